The van der Waals surface area contributed by atoms with Gasteiger partial charge in [-0.1, -0.05) is 18.5 Å². The Balaban J connectivity index is 1.82. The van der Waals surface area contributed by atoms with Crippen LogP contribution in [0.25, 0.3) is 0 Å². The van der Waals surface area contributed by atoms with Crippen LogP contribution in [0.4, 0.5) is 5.82 Å². The molecule has 100 valence electrons. The number of H-pyrrole nitrogens is 1. The summed E-state index contributed by atoms with van der Waals surface area (Å²) in [7, 11) is 0. The second-order valence-electron chi connectivity index (χ2n) is 3.92. The van der Waals surface area contributed by atoms with E-state index in [0.29, 0.717) is 16.6 Å². The van der Waals surface area contributed by atoms with Gasteiger partial charge in [0.1, 0.15) is 0 Å². The van der Waals surface area contributed by atoms with Gasteiger partial charge in [-0.2, -0.15) is 5.10 Å². The number of aromatic amines is 1. The fourth-order valence-corrected chi connectivity index (χ4v) is 2.29. The number of benzene rings is 1. The van der Waals surface area contributed by atoms with Crippen LogP contribution < -0.4 is 5.32 Å². The highest BCUT2D eigenvalue weighted by Gasteiger charge is 2.06. The van der Waals surface area contributed by atoms with Crippen LogP contribution in [-0.4, -0.2) is 21.9 Å². The van der Waals surface area contributed by atoms with Crippen molar-refractivity contribution in [3.8, 4) is 0 Å². The summed E-state index contributed by atoms with van der Waals surface area (Å²) >= 11 is 7.26. The molecule has 0 unspecified atom stereocenters. The second kappa shape index (κ2) is 6.63. The first-order valence-corrected chi connectivity index (χ1v) is 7.26. The summed E-state index contributed by atoms with van der Waals surface area (Å²) in [4.78, 5) is 12.7. The number of rotatable bonds is 5. The van der Waals surface area contributed by atoms with Gasteiger partial charge in [0.25, 0.3) is 0 Å². The molecule has 19 heavy (non-hydrogen) atoms. The van der Waals surface area contributed by atoms with Crippen molar-refractivity contribution >= 4 is 35.1 Å². The van der Waals surface area contributed by atoms with Gasteiger partial charge < -0.3 is 5.32 Å². The smallest absolute Gasteiger partial charge is 0.235 e. The molecule has 2 aromatic rings. The Morgan fingerprint density at radius 2 is 2.16 bits per heavy atom. The fourth-order valence-electron chi connectivity index (χ4n) is 1.47. The van der Waals surface area contributed by atoms with E-state index in [9.17, 15) is 4.79 Å². The van der Waals surface area contributed by atoms with E-state index in [0.717, 1.165) is 17.0 Å². The van der Waals surface area contributed by atoms with E-state index in [4.69, 9.17) is 11.6 Å². The average molecular weight is 296 g/mol. The molecule has 0 bridgehead atoms. The number of amides is 1. The molecule has 0 spiro atoms. The summed E-state index contributed by atoms with van der Waals surface area (Å²) in [6, 6.07) is 9.24. The van der Waals surface area contributed by atoms with Crippen molar-refractivity contribution in [3.05, 3.63) is 41.0 Å². The van der Waals surface area contributed by atoms with Crippen LogP contribution in [0.3, 0.4) is 0 Å². The first kappa shape index (κ1) is 14.0. The minimum Gasteiger partial charge on any atom is -0.308 e. The van der Waals surface area contributed by atoms with E-state index in [1.807, 2.05) is 37.3 Å². The first-order chi connectivity index (χ1) is 9.17. The van der Waals surface area contributed by atoms with Gasteiger partial charge in [0.05, 0.1) is 5.75 Å². The monoisotopic (exact) mass is 295 g/mol. The maximum Gasteiger partial charge on any atom is 0.235 e. The van der Waals surface area contributed by atoms with Gasteiger partial charge in [0.15, 0.2) is 5.82 Å². The van der Waals surface area contributed by atoms with Gasteiger partial charge in [-0.3, -0.25) is 9.89 Å². The summed E-state index contributed by atoms with van der Waals surface area (Å²) in [6.07, 6.45) is 0.863. The number of halogens is 1. The van der Waals surface area contributed by atoms with Crippen molar-refractivity contribution in [1.82, 2.24) is 10.2 Å². The largest absolute Gasteiger partial charge is 0.308 e. The number of nitrogens with zero attached hydrogens (tertiary/aromatic N) is 1. The minimum atomic E-state index is -0.0749. The molecule has 0 aliphatic rings. The highest BCUT2D eigenvalue weighted by Crippen LogP contribution is 2.20. The third kappa shape index (κ3) is 4.29. The third-order valence-corrected chi connectivity index (χ3v) is 3.73. The average Bonchev–Trinajstić information content (AvgIpc) is 2.86. The minimum absolute atomic E-state index is 0.0749. The second-order valence-corrected chi connectivity index (χ2v) is 5.41. The Morgan fingerprint density at radius 3 is 2.79 bits per heavy atom. The van der Waals surface area contributed by atoms with Gasteiger partial charge in [-0.15, -0.1) is 11.8 Å². The summed E-state index contributed by atoms with van der Waals surface area (Å²) < 4.78 is 0. The number of hydrogen-bond donors (Lipinski definition) is 2. The Labute approximate surface area is 120 Å². The van der Waals surface area contributed by atoms with Crippen LogP contribution in [0.2, 0.25) is 5.02 Å². The van der Waals surface area contributed by atoms with Gasteiger partial charge >= 0.3 is 0 Å². The molecule has 4 nitrogen and oxygen atoms in total. The molecule has 0 fully saturated rings. The SMILES string of the molecule is CCc1cc(NC(=O)CSc2ccc(Cl)cc2)n[nH]1. The zero-order valence-electron chi connectivity index (χ0n) is 10.4. The molecule has 0 aliphatic heterocycles. The topological polar surface area (TPSA) is 57.8 Å². The van der Waals surface area contributed by atoms with Gasteiger partial charge in [-0.25, -0.2) is 0 Å². The van der Waals surface area contributed by atoms with Crippen LogP contribution >= 0.6 is 23.4 Å². The number of thioether (sulfide) groups is 1. The number of aromatic nitrogens is 2. The van der Waals surface area contributed by atoms with Crippen molar-refractivity contribution in [2.45, 2.75) is 18.2 Å². The molecule has 0 aliphatic carbocycles. The Morgan fingerprint density at radius 1 is 1.42 bits per heavy atom. The highest BCUT2D eigenvalue weighted by atomic mass is 35.5. The van der Waals surface area contributed by atoms with Crippen molar-refractivity contribution in [3.63, 3.8) is 0 Å². The Hall–Kier alpha value is -1.46. The van der Waals surface area contributed by atoms with Crippen molar-refractivity contribution in [2.24, 2.45) is 0 Å². The van der Waals surface area contributed by atoms with E-state index in [1.54, 1.807) is 0 Å². The van der Waals surface area contributed by atoms with Crippen LogP contribution in [-0.2, 0) is 11.2 Å². The van der Waals surface area contributed by atoms with Crippen molar-refractivity contribution in [2.75, 3.05) is 11.1 Å². The van der Waals surface area contributed by atoms with Gasteiger partial charge in [-0.05, 0) is 30.7 Å². The quantitative estimate of drug-likeness (QED) is 0.832. The van der Waals surface area contributed by atoms with E-state index >= 15 is 0 Å². The molecule has 1 heterocycles. The Kier molecular flexibility index (Phi) is 4.87. The molecular formula is C13H14ClN3OS. The number of anilines is 1. The summed E-state index contributed by atoms with van der Waals surface area (Å²) in [6.45, 7) is 2.02. The first-order valence-electron chi connectivity index (χ1n) is 5.90. The number of nitrogens with one attached hydrogen (secondary N) is 2. The number of aryl methyl sites for hydroxylation is 1. The molecule has 0 radical (unpaired) electrons. The molecule has 1 amide bonds. The van der Waals surface area contributed by atoms with E-state index in [1.165, 1.54) is 11.8 Å². The van der Waals surface area contributed by atoms with Gasteiger partial charge in [0, 0.05) is 21.7 Å². The zero-order valence-corrected chi connectivity index (χ0v) is 12.0. The van der Waals surface area contributed by atoms with Crippen LogP contribution in [0.15, 0.2) is 35.2 Å². The zero-order chi connectivity index (χ0) is 13.7. The normalized spacial score (nSPS) is 10.4. The predicted octanol–water partition coefficient (Wildman–Crippen LogP) is 3.36. The van der Waals surface area contributed by atoms with Crippen molar-refractivity contribution in [1.29, 1.82) is 0 Å². The molecule has 2 rings (SSSR count). The predicted molar refractivity (Wildman–Crippen MR) is 78.8 cm³/mol. The standard InChI is InChI=1S/C13H14ClN3OS/c1-2-10-7-12(17-16-10)15-13(18)8-19-11-5-3-9(14)4-6-11/h3-7H,2,8H2,1H3,(H2,15,16,17,18). The van der Waals surface area contributed by atoms with E-state index in [2.05, 4.69) is 15.5 Å². The molecule has 6 heteroatoms. The molecule has 0 atom stereocenters. The maximum absolute atomic E-state index is 11.7. The van der Waals surface area contributed by atoms with Gasteiger partial charge in [0.2, 0.25) is 5.91 Å². The van der Waals surface area contributed by atoms with Crippen LogP contribution in [0, 0.1) is 0 Å². The summed E-state index contributed by atoms with van der Waals surface area (Å²) in [5, 5.41) is 10.3. The van der Waals surface area contributed by atoms with Crippen LogP contribution in [0.1, 0.15) is 12.6 Å². The van der Waals surface area contributed by atoms with Crippen LogP contribution in [0.5, 0.6) is 0 Å². The third-order valence-electron chi connectivity index (χ3n) is 2.46. The number of carbonyl (C=O) groups excluding carboxylic acids is 1. The van der Waals surface area contributed by atoms with E-state index in [-0.39, 0.29) is 5.91 Å². The summed E-state index contributed by atoms with van der Waals surface area (Å²) in [5.41, 5.74) is 1.00. The lowest BCUT2D eigenvalue weighted by Crippen LogP contribution is -2.14. The fraction of sp³-hybridized carbons (Fsp3) is 0.231. The van der Waals surface area contributed by atoms with E-state index < -0.39 is 0 Å². The molecular weight excluding hydrogens is 282 g/mol. The molecule has 0 saturated carbocycles. The lowest BCUT2D eigenvalue weighted by molar-refractivity contribution is -0.113. The number of carbonyl (C=O) groups is 1. The molecule has 1 aromatic heterocycles. The number of hydrogen-bond acceptors (Lipinski definition) is 3. The lowest BCUT2D eigenvalue weighted by Gasteiger charge is -2.02. The summed E-state index contributed by atoms with van der Waals surface area (Å²) in [5.74, 6) is 0.836. The lowest BCUT2D eigenvalue weighted by atomic mass is 10.3. The molecule has 0 saturated heterocycles. The molecule has 2 N–H and O–H groups in total. The molecule has 1 aromatic carbocycles. The highest BCUT2D eigenvalue weighted by molar-refractivity contribution is 8.00. The maximum atomic E-state index is 11.7. The van der Waals surface area contributed by atoms with Crippen molar-refractivity contribution < 1.29 is 4.79 Å². The Bertz CT molecular complexity index is 553.